The van der Waals surface area contributed by atoms with Gasteiger partial charge in [0.15, 0.2) is 13.2 Å². The van der Waals surface area contributed by atoms with Gasteiger partial charge in [-0.25, -0.2) is 9.59 Å². The highest BCUT2D eigenvalue weighted by Gasteiger charge is 2.22. The molecule has 0 unspecified atom stereocenters. The molecule has 0 saturated heterocycles. The van der Waals surface area contributed by atoms with E-state index in [2.05, 4.69) is 0 Å². The van der Waals surface area contributed by atoms with Crippen molar-refractivity contribution in [2.45, 2.75) is 6.54 Å². The highest BCUT2D eigenvalue weighted by atomic mass is 35.5. The van der Waals surface area contributed by atoms with Gasteiger partial charge in [-0.1, -0.05) is 41.9 Å². The van der Waals surface area contributed by atoms with Crippen LogP contribution in [0.2, 0.25) is 5.02 Å². The van der Waals surface area contributed by atoms with Crippen LogP contribution in [-0.2, 0) is 23.1 Å². The Balaban J connectivity index is 1.72. The van der Waals surface area contributed by atoms with E-state index >= 15 is 0 Å². The molecule has 0 saturated carbocycles. The number of benzene rings is 2. The van der Waals surface area contributed by atoms with E-state index < -0.39 is 41.8 Å². The lowest BCUT2D eigenvalue weighted by atomic mass is 10.2. The number of halogens is 1. The van der Waals surface area contributed by atoms with Crippen molar-refractivity contribution >= 4 is 29.2 Å². The second-order valence-electron chi connectivity index (χ2n) is 6.81. The lowest BCUT2D eigenvalue weighted by molar-refractivity contribution is -0.144. The molecule has 0 atom stereocenters. The van der Waals surface area contributed by atoms with Gasteiger partial charge >= 0.3 is 11.7 Å². The molecule has 0 aliphatic carbocycles. The summed E-state index contributed by atoms with van der Waals surface area (Å²) in [7, 11) is 1.24. The average Bonchev–Trinajstić information content (AvgIpc) is 2.79. The van der Waals surface area contributed by atoms with Gasteiger partial charge in [0.1, 0.15) is 17.1 Å². The molecular formula is C22H20ClN3O6. The number of ketones is 1. The Kier molecular flexibility index (Phi) is 7.11. The number of Topliss-reactive ketones (excluding diaryl/α,β-unsaturated/α-hetero) is 1. The van der Waals surface area contributed by atoms with Gasteiger partial charge in [-0.15, -0.1) is 0 Å². The molecule has 0 amide bonds. The number of carbonyl (C=O) groups is 2. The van der Waals surface area contributed by atoms with E-state index in [-0.39, 0.29) is 12.4 Å². The third-order valence-electron chi connectivity index (χ3n) is 4.58. The molecular weight excluding hydrogens is 438 g/mol. The van der Waals surface area contributed by atoms with Crippen LogP contribution < -0.4 is 21.7 Å². The molecule has 0 spiro atoms. The van der Waals surface area contributed by atoms with Crippen molar-refractivity contribution in [3.05, 3.63) is 91.6 Å². The maximum absolute atomic E-state index is 12.6. The molecule has 2 N–H and O–H groups in total. The van der Waals surface area contributed by atoms with Crippen molar-refractivity contribution in [3.8, 4) is 5.75 Å². The minimum atomic E-state index is -0.865. The standard InChI is InChI=1S/C22H20ClN3O6/c1-25-21(29)19(20(24)26(22(25)30)11-14-5-3-2-4-6-14)17(27)12-32-18(28)13-31-16-9-7-15(23)8-10-16/h2-10H,11-13,24H2,1H3. The maximum atomic E-state index is 12.6. The molecule has 32 heavy (non-hydrogen) atoms. The highest BCUT2D eigenvalue weighted by molar-refractivity contribution is 6.30. The van der Waals surface area contributed by atoms with Crippen molar-refractivity contribution < 1.29 is 19.1 Å². The number of hydrogen-bond acceptors (Lipinski definition) is 7. The van der Waals surface area contributed by atoms with Crippen LogP contribution in [0.1, 0.15) is 15.9 Å². The van der Waals surface area contributed by atoms with Gasteiger partial charge in [0, 0.05) is 12.1 Å². The van der Waals surface area contributed by atoms with E-state index in [0.717, 1.165) is 14.7 Å². The summed E-state index contributed by atoms with van der Waals surface area (Å²) in [4.78, 5) is 49.6. The van der Waals surface area contributed by atoms with Gasteiger partial charge in [-0.3, -0.25) is 18.7 Å². The number of rotatable bonds is 8. The Hall–Kier alpha value is -3.85. The highest BCUT2D eigenvalue weighted by Crippen LogP contribution is 2.15. The minimum absolute atomic E-state index is 0.0641. The van der Waals surface area contributed by atoms with Crippen molar-refractivity contribution in [2.75, 3.05) is 18.9 Å². The van der Waals surface area contributed by atoms with Crippen molar-refractivity contribution in [1.29, 1.82) is 0 Å². The Morgan fingerprint density at radius 2 is 1.66 bits per heavy atom. The molecule has 9 nitrogen and oxygen atoms in total. The molecule has 0 radical (unpaired) electrons. The topological polar surface area (TPSA) is 123 Å². The van der Waals surface area contributed by atoms with Crippen LogP contribution in [0, 0.1) is 0 Å². The van der Waals surface area contributed by atoms with E-state index in [1.165, 1.54) is 7.05 Å². The molecule has 0 aliphatic rings. The smallest absolute Gasteiger partial charge is 0.344 e. The number of anilines is 1. The normalized spacial score (nSPS) is 10.6. The molecule has 166 valence electrons. The van der Waals surface area contributed by atoms with E-state index in [0.29, 0.717) is 10.8 Å². The molecule has 2 aromatic carbocycles. The third kappa shape index (κ3) is 5.25. The Morgan fingerprint density at radius 1 is 1.00 bits per heavy atom. The SMILES string of the molecule is Cn1c(=O)c(C(=O)COC(=O)COc2ccc(Cl)cc2)c(N)n(Cc2ccccc2)c1=O. The van der Waals surface area contributed by atoms with Crippen LogP contribution in [0.4, 0.5) is 5.82 Å². The van der Waals surface area contributed by atoms with Crippen LogP contribution in [0.5, 0.6) is 5.75 Å². The van der Waals surface area contributed by atoms with Crippen LogP contribution in [0.3, 0.4) is 0 Å². The fraction of sp³-hybridized carbons (Fsp3) is 0.182. The molecule has 1 heterocycles. The van der Waals surface area contributed by atoms with E-state index in [1.807, 2.05) is 6.07 Å². The molecule has 0 aliphatic heterocycles. The molecule has 10 heteroatoms. The predicted molar refractivity (Wildman–Crippen MR) is 118 cm³/mol. The van der Waals surface area contributed by atoms with Gasteiger partial charge < -0.3 is 15.2 Å². The third-order valence-corrected chi connectivity index (χ3v) is 4.83. The van der Waals surface area contributed by atoms with Crippen molar-refractivity contribution in [1.82, 2.24) is 9.13 Å². The first-order chi connectivity index (χ1) is 15.3. The van der Waals surface area contributed by atoms with Gasteiger partial charge in [0.2, 0.25) is 5.78 Å². The molecule has 0 bridgehead atoms. The summed E-state index contributed by atoms with van der Waals surface area (Å²) in [6.45, 7) is -1.11. The zero-order valence-electron chi connectivity index (χ0n) is 17.1. The number of hydrogen-bond donors (Lipinski definition) is 1. The van der Waals surface area contributed by atoms with E-state index in [4.69, 9.17) is 26.8 Å². The van der Waals surface area contributed by atoms with E-state index in [1.54, 1.807) is 48.5 Å². The summed E-state index contributed by atoms with van der Waals surface area (Å²) in [6.07, 6.45) is 0. The predicted octanol–water partition coefficient (Wildman–Crippen LogP) is 1.64. The number of nitrogens with two attached hydrogens (primary N) is 1. The fourth-order valence-corrected chi connectivity index (χ4v) is 3.02. The number of ether oxygens (including phenoxy) is 2. The lowest BCUT2D eigenvalue weighted by Crippen LogP contribution is -2.43. The molecule has 3 rings (SSSR count). The van der Waals surface area contributed by atoms with Crippen LogP contribution in [0.15, 0.2) is 64.2 Å². The summed E-state index contributed by atoms with van der Waals surface area (Å²) in [5.41, 5.74) is 4.81. The lowest BCUT2D eigenvalue weighted by Gasteiger charge is -2.14. The Labute approximate surface area is 187 Å². The minimum Gasteiger partial charge on any atom is -0.482 e. The van der Waals surface area contributed by atoms with Gasteiger partial charge in [0.25, 0.3) is 5.56 Å². The summed E-state index contributed by atoms with van der Waals surface area (Å²) in [6, 6.07) is 15.3. The Bertz CT molecular complexity index is 1250. The molecule has 3 aromatic rings. The zero-order valence-corrected chi connectivity index (χ0v) is 17.9. The first-order valence-electron chi connectivity index (χ1n) is 9.48. The summed E-state index contributed by atoms with van der Waals surface area (Å²) < 4.78 is 12.1. The number of carbonyl (C=O) groups excluding carboxylic acids is 2. The average molecular weight is 458 g/mol. The second kappa shape index (κ2) is 9.97. The van der Waals surface area contributed by atoms with Crippen LogP contribution in [0.25, 0.3) is 0 Å². The van der Waals surface area contributed by atoms with Gasteiger partial charge in [-0.05, 0) is 29.8 Å². The monoisotopic (exact) mass is 457 g/mol. The summed E-state index contributed by atoms with van der Waals surface area (Å²) in [5.74, 6) is -1.55. The number of nitrogens with zero attached hydrogens (tertiary/aromatic N) is 2. The second-order valence-corrected chi connectivity index (χ2v) is 7.24. The number of aromatic nitrogens is 2. The molecule has 1 aromatic heterocycles. The largest absolute Gasteiger partial charge is 0.482 e. The fourth-order valence-electron chi connectivity index (χ4n) is 2.90. The summed E-state index contributed by atoms with van der Waals surface area (Å²) in [5, 5.41) is 0.512. The van der Waals surface area contributed by atoms with Gasteiger partial charge in [-0.2, -0.15) is 0 Å². The van der Waals surface area contributed by atoms with E-state index in [9.17, 15) is 19.2 Å². The van der Waals surface area contributed by atoms with Crippen molar-refractivity contribution in [3.63, 3.8) is 0 Å². The molecule has 0 fully saturated rings. The summed E-state index contributed by atoms with van der Waals surface area (Å²) >= 11 is 5.78. The number of esters is 1. The van der Waals surface area contributed by atoms with Crippen LogP contribution >= 0.6 is 11.6 Å². The van der Waals surface area contributed by atoms with Crippen molar-refractivity contribution in [2.24, 2.45) is 7.05 Å². The zero-order chi connectivity index (χ0) is 23.3. The van der Waals surface area contributed by atoms with Crippen LogP contribution in [-0.4, -0.2) is 34.1 Å². The number of nitrogen functional groups attached to an aromatic ring is 1. The van der Waals surface area contributed by atoms with Gasteiger partial charge in [0.05, 0.1) is 6.54 Å². The first kappa shape index (κ1) is 22.8. The quantitative estimate of drug-likeness (QED) is 0.403. The first-order valence-corrected chi connectivity index (χ1v) is 9.86. The Morgan fingerprint density at radius 3 is 2.31 bits per heavy atom. The maximum Gasteiger partial charge on any atom is 0.344 e.